The molecule has 0 atom stereocenters. The molecular formula is C17H25NO4. The molecule has 0 saturated carbocycles. The SMILES string of the molecule is CCCOc1ccc(C=O)c(OCCCC(=O)NCC)c1C. The Balaban J connectivity index is 2.66. The average molecular weight is 307 g/mol. The quantitative estimate of drug-likeness (QED) is 0.533. The first-order valence-electron chi connectivity index (χ1n) is 7.75. The topological polar surface area (TPSA) is 64.6 Å². The molecule has 0 bridgehead atoms. The summed E-state index contributed by atoms with van der Waals surface area (Å²) < 4.78 is 11.4. The van der Waals surface area contributed by atoms with E-state index in [1.165, 1.54) is 0 Å². The van der Waals surface area contributed by atoms with Crippen LogP contribution in [0, 0.1) is 6.92 Å². The van der Waals surface area contributed by atoms with Gasteiger partial charge in [-0.3, -0.25) is 9.59 Å². The third-order valence-corrected chi connectivity index (χ3v) is 3.14. The van der Waals surface area contributed by atoms with Crippen LogP contribution < -0.4 is 14.8 Å². The average Bonchev–Trinajstić information content (AvgIpc) is 2.51. The molecule has 0 aliphatic rings. The number of carbonyl (C=O) groups is 2. The Morgan fingerprint density at radius 3 is 2.64 bits per heavy atom. The van der Waals surface area contributed by atoms with Gasteiger partial charge in [0, 0.05) is 18.5 Å². The molecule has 0 heterocycles. The van der Waals surface area contributed by atoms with Crippen LogP contribution in [0.1, 0.15) is 49.0 Å². The van der Waals surface area contributed by atoms with Gasteiger partial charge in [-0.1, -0.05) is 6.92 Å². The Morgan fingerprint density at radius 1 is 1.23 bits per heavy atom. The fourth-order valence-electron chi connectivity index (χ4n) is 2.04. The van der Waals surface area contributed by atoms with Crippen molar-refractivity contribution in [2.45, 2.75) is 40.0 Å². The molecule has 0 aliphatic heterocycles. The first-order valence-corrected chi connectivity index (χ1v) is 7.75. The van der Waals surface area contributed by atoms with Crippen LogP contribution in [0.5, 0.6) is 11.5 Å². The second-order valence-electron chi connectivity index (χ2n) is 4.98. The van der Waals surface area contributed by atoms with Gasteiger partial charge in [0.1, 0.15) is 11.5 Å². The van der Waals surface area contributed by atoms with Crippen molar-refractivity contribution in [1.29, 1.82) is 0 Å². The zero-order valence-corrected chi connectivity index (χ0v) is 13.6. The van der Waals surface area contributed by atoms with E-state index < -0.39 is 0 Å². The molecular weight excluding hydrogens is 282 g/mol. The zero-order valence-electron chi connectivity index (χ0n) is 13.6. The van der Waals surface area contributed by atoms with Crippen molar-refractivity contribution >= 4 is 12.2 Å². The lowest BCUT2D eigenvalue weighted by atomic mass is 10.1. The Kier molecular flexibility index (Phi) is 8.04. The lowest BCUT2D eigenvalue weighted by Gasteiger charge is -2.15. The number of benzene rings is 1. The Labute approximate surface area is 132 Å². The molecule has 5 heteroatoms. The third-order valence-electron chi connectivity index (χ3n) is 3.14. The minimum atomic E-state index is 0.0125. The summed E-state index contributed by atoms with van der Waals surface area (Å²) in [6.07, 6.45) is 2.70. The summed E-state index contributed by atoms with van der Waals surface area (Å²) in [6.45, 7) is 7.43. The molecule has 22 heavy (non-hydrogen) atoms. The van der Waals surface area contributed by atoms with Crippen LogP contribution in [0.25, 0.3) is 0 Å². The van der Waals surface area contributed by atoms with E-state index in [4.69, 9.17) is 9.47 Å². The van der Waals surface area contributed by atoms with Crippen LogP contribution in [0.2, 0.25) is 0 Å². The van der Waals surface area contributed by atoms with Crippen LogP contribution in [0.15, 0.2) is 12.1 Å². The molecule has 0 aromatic heterocycles. The van der Waals surface area contributed by atoms with Crippen molar-refractivity contribution in [1.82, 2.24) is 5.32 Å². The molecule has 122 valence electrons. The molecule has 1 rings (SSSR count). The Hall–Kier alpha value is -2.04. The van der Waals surface area contributed by atoms with Gasteiger partial charge in [0.25, 0.3) is 0 Å². The van der Waals surface area contributed by atoms with Gasteiger partial charge in [0.15, 0.2) is 6.29 Å². The number of amides is 1. The van der Waals surface area contributed by atoms with Crippen LogP contribution in [-0.2, 0) is 4.79 Å². The monoisotopic (exact) mass is 307 g/mol. The van der Waals surface area contributed by atoms with Crippen LogP contribution in [0.3, 0.4) is 0 Å². The van der Waals surface area contributed by atoms with Gasteiger partial charge >= 0.3 is 0 Å². The summed E-state index contributed by atoms with van der Waals surface area (Å²) in [5.74, 6) is 1.28. The molecule has 0 saturated heterocycles. The van der Waals surface area contributed by atoms with Crippen molar-refractivity contribution < 1.29 is 19.1 Å². The smallest absolute Gasteiger partial charge is 0.220 e. The maximum absolute atomic E-state index is 11.4. The van der Waals surface area contributed by atoms with Gasteiger partial charge in [0.05, 0.1) is 18.8 Å². The van der Waals surface area contributed by atoms with E-state index in [0.29, 0.717) is 43.9 Å². The maximum atomic E-state index is 11.4. The summed E-state index contributed by atoms with van der Waals surface area (Å²) in [4.78, 5) is 22.5. The predicted molar refractivity (Wildman–Crippen MR) is 85.8 cm³/mol. The second kappa shape index (κ2) is 9.82. The number of carbonyl (C=O) groups excluding carboxylic acids is 2. The first-order chi connectivity index (χ1) is 10.6. The van der Waals surface area contributed by atoms with E-state index in [2.05, 4.69) is 5.32 Å². The molecule has 0 fully saturated rings. The highest BCUT2D eigenvalue weighted by Gasteiger charge is 2.12. The van der Waals surface area contributed by atoms with Crippen molar-refractivity contribution in [2.24, 2.45) is 0 Å². The maximum Gasteiger partial charge on any atom is 0.220 e. The van der Waals surface area contributed by atoms with Gasteiger partial charge in [-0.25, -0.2) is 0 Å². The number of aldehydes is 1. The minimum Gasteiger partial charge on any atom is -0.493 e. The standard InChI is InChI=1S/C17H25NO4/c1-4-10-21-15-9-8-14(12-19)17(13(15)3)22-11-6-7-16(20)18-5-2/h8-9,12H,4-7,10-11H2,1-3H3,(H,18,20). The Morgan fingerprint density at radius 2 is 2.00 bits per heavy atom. The summed E-state index contributed by atoms with van der Waals surface area (Å²) in [6, 6.07) is 3.49. The Bertz CT molecular complexity index is 500. The lowest BCUT2D eigenvalue weighted by Crippen LogP contribution is -2.22. The van der Waals surface area contributed by atoms with E-state index in [-0.39, 0.29) is 5.91 Å². The third kappa shape index (κ3) is 5.39. The van der Waals surface area contributed by atoms with E-state index in [1.54, 1.807) is 12.1 Å². The fourth-order valence-corrected chi connectivity index (χ4v) is 2.04. The number of ether oxygens (including phenoxy) is 2. The lowest BCUT2D eigenvalue weighted by molar-refractivity contribution is -0.121. The summed E-state index contributed by atoms with van der Waals surface area (Å²) in [5, 5.41) is 2.74. The van der Waals surface area contributed by atoms with Gasteiger partial charge < -0.3 is 14.8 Å². The van der Waals surface area contributed by atoms with Gasteiger partial charge in [0.2, 0.25) is 5.91 Å². The molecule has 5 nitrogen and oxygen atoms in total. The largest absolute Gasteiger partial charge is 0.493 e. The van der Waals surface area contributed by atoms with E-state index >= 15 is 0 Å². The van der Waals surface area contributed by atoms with E-state index in [1.807, 2.05) is 20.8 Å². The molecule has 0 radical (unpaired) electrons. The zero-order chi connectivity index (χ0) is 16.4. The number of hydrogen-bond acceptors (Lipinski definition) is 4. The first kappa shape index (κ1) is 18.0. The number of hydrogen-bond donors (Lipinski definition) is 1. The van der Waals surface area contributed by atoms with Crippen LogP contribution in [0.4, 0.5) is 0 Å². The highest BCUT2D eigenvalue weighted by Crippen LogP contribution is 2.31. The number of nitrogens with one attached hydrogen (secondary N) is 1. The summed E-state index contributed by atoms with van der Waals surface area (Å²) in [5.41, 5.74) is 1.32. The van der Waals surface area contributed by atoms with Gasteiger partial charge in [-0.2, -0.15) is 0 Å². The predicted octanol–water partition coefficient (Wildman–Crippen LogP) is 2.89. The molecule has 1 aromatic carbocycles. The van der Waals surface area contributed by atoms with Gasteiger partial charge in [-0.05, 0) is 38.8 Å². The molecule has 0 unspecified atom stereocenters. The highest BCUT2D eigenvalue weighted by atomic mass is 16.5. The molecule has 0 spiro atoms. The van der Waals surface area contributed by atoms with Crippen molar-refractivity contribution in [3.63, 3.8) is 0 Å². The molecule has 1 amide bonds. The van der Waals surface area contributed by atoms with E-state index in [0.717, 1.165) is 24.0 Å². The van der Waals surface area contributed by atoms with E-state index in [9.17, 15) is 9.59 Å². The highest BCUT2D eigenvalue weighted by molar-refractivity contribution is 5.81. The van der Waals surface area contributed by atoms with Crippen molar-refractivity contribution in [3.8, 4) is 11.5 Å². The summed E-state index contributed by atoms with van der Waals surface area (Å²) in [7, 11) is 0. The number of rotatable bonds is 10. The second-order valence-corrected chi connectivity index (χ2v) is 4.98. The van der Waals surface area contributed by atoms with Gasteiger partial charge in [-0.15, -0.1) is 0 Å². The van der Waals surface area contributed by atoms with Crippen molar-refractivity contribution in [3.05, 3.63) is 23.3 Å². The van der Waals surface area contributed by atoms with Crippen molar-refractivity contribution in [2.75, 3.05) is 19.8 Å². The van der Waals surface area contributed by atoms with Crippen LogP contribution in [-0.4, -0.2) is 32.0 Å². The normalized spacial score (nSPS) is 10.1. The molecule has 0 aliphatic carbocycles. The fraction of sp³-hybridized carbons (Fsp3) is 0.529. The van der Waals surface area contributed by atoms with Crippen LogP contribution >= 0.6 is 0 Å². The minimum absolute atomic E-state index is 0.0125. The molecule has 1 aromatic rings. The molecule has 1 N–H and O–H groups in total. The summed E-state index contributed by atoms with van der Waals surface area (Å²) >= 11 is 0.